The summed E-state index contributed by atoms with van der Waals surface area (Å²) in [5.41, 5.74) is 1.49. The summed E-state index contributed by atoms with van der Waals surface area (Å²) < 4.78 is 6.75. The highest BCUT2D eigenvalue weighted by molar-refractivity contribution is 5.90. The van der Waals surface area contributed by atoms with E-state index >= 15 is 0 Å². The molecule has 1 aliphatic heterocycles. The molecule has 0 spiro atoms. The van der Waals surface area contributed by atoms with E-state index in [4.69, 9.17) is 4.74 Å². The Kier molecular flexibility index (Phi) is 3.78. The van der Waals surface area contributed by atoms with E-state index in [1.54, 1.807) is 10.9 Å². The van der Waals surface area contributed by atoms with Gasteiger partial charge in [0.2, 0.25) is 0 Å². The van der Waals surface area contributed by atoms with Crippen LogP contribution in [-0.2, 0) is 11.8 Å². The summed E-state index contributed by atoms with van der Waals surface area (Å²) in [6, 6.07) is 0. The van der Waals surface area contributed by atoms with E-state index in [2.05, 4.69) is 10.4 Å². The van der Waals surface area contributed by atoms with Crippen molar-refractivity contribution in [3.8, 4) is 0 Å². The first-order valence-electron chi connectivity index (χ1n) is 6.13. The van der Waals surface area contributed by atoms with Crippen LogP contribution in [0.2, 0.25) is 0 Å². The molecule has 1 aliphatic rings. The van der Waals surface area contributed by atoms with Gasteiger partial charge in [-0.15, -0.1) is 0 Å². The number of piperidine rings is 1. The molecule has 0 radical (unpaired) electrons. The Morgan fingerprint density at radius 1 is 1.71 bits per heavy atom. The van der Waals surface area contributed by atoms with E-state index in [1.807, 2.05) is 14.0 Å². The van der Waals surface area contributed by atoms with E-state index < -0.39 is 0 Å². The molecule has 2 rings (SSSR count). The largest absolute Gasteiger partial charge is 0.462 e. The monoisotopic (exact) mass is 237 g/mol. The van der Waals surface area contributed by atoms with E-state index in [-0.39, 0.29) is 5.97 Å². The van der Waals surface area contributed by atoms with Crippen LogP contribution >= 0.6 is 0 Å². The van der Waals surface area contributed by atoms with E-state index in [0.29, 0.717) is 18.1 Å². The van der Waals surface area contributed by atoms with Crippen molar-refractivity contribution < 1.29 is 9.53 Å². The fraction of sp³-hybridized carbons (Fsp3) is 0.667. The van der Waals surface area contributed by atoms with Gasteiger partial charge in [-0.2, -0.15) is 5.10 Å². The number of aryl methyl sites for hydroxylation is 1. The summed E-state index contributed by atoms with van der Waals surface area (Å²) in [6.07, 6.45) is 3.96. The van der Waals surface area contributed by atoms with Crippen LogP contribution in [0.4, 0.5) is 0 Å². The van der Waals surface area contributed by atoms with Gasteiger partial charge < -0.3 is 10.1 Å². The lowest BCUT2D eigenvalue weighted by molar-refractivity contribution is 0.0524. The molecule has 1 unspecified atom stereocenters. The van der Waals surface area contributed by atoms with Crippen LogP contribution in [0, 0.1) is 0 Å². The standard InChI is InChI=1S/C12H19N3O2/c1-3-17-12(16)10-8-15(2)14-11(10)9-5-4-6-13-7-9/h8-9,13H,3-7H2,1-2H3. The SMILES string of the molecule is CCOC(=O)c1cn(C)nc1C1CCCNC1. The van der Waals surface area contributed by atoms with Gasteiger partial charge in [0.25, 0.3) is 0 Å². The van der Waals surface area contributed by atoms with Gasteiger partial charge in [0.1, 0.15) is 5.56 Å². The number of hydrogen-bond donors (Lipinski definition) is 1. The number of carbonyl (C=O) groups excluding carboxylic acids is 1. The van der Waals surface area contributed by atoms with Gasteiger partial charge in [0, 0.05) is 25.7 Å². The van der Waals surface area contributed by atoms with Crippen LogP contribution in [0.15, 0.2) is 6.20 Å². The average molecular weight is 237 g/mol. The van der Waals surface area contributed by atoms with Gasteiger partial charge >= 0.3 is 5.97 Å². The first-order valence-corrected chi connectivity index (χ1v) is 6.13. The summed E-state index contributed by atoms with van der Waals surface area (Å²) in [4.78, 5) is 11.8. The van der Waals surface area contributed by atoms with E-state index in [1.165, 1.54) is 0 Å². The Hall–Kier alpha value is -1.36. The maximum absolute atomic E-state index is 11.8. The number of nitrogens with one attached hydrogen (secondary N) is 1. The minimum Gasteiger partial charge on any atom is -0.462 e. The summed E-state index contributed by atoms with van der Waals surface area (Å²) in [6.45, 7) is 4.16. The molecule has 0 amide bonds. The average Bonchev–Trinajstić information content (AvgIpc) is 2.73. The zero-order chi connectivity index (χ0) is 12.3. The van der Waals surface area contributed by atoms with Crippen LogP contribution in [0.25, 0.3) is 0 Å². The number of ether oxygens (including phenoxy) is 1. The number of esters is 1. The topological polar surface area (TPSA) is 56.2 Å². The van der Waals surface area contributed by atoms with Crippen molar-refractivity contribution in [2.24, 2.45) is 7.05 Å². The molecule has 0 bridgehead atoms. The molecule has 1 saturated heterocycles. The number of rotatable bonds is 3. The molecule has 1 aromatic rings. The van der Waals surface area contributed by atoms with Crippen LogP contribution in [0.1, 0.15) is 41.7 Å². The molecule has 0 aliphatic carbocycles. The Morgan fingerprint density at radius 3 is 3.18 bits per heavy atom. The Labute approximate surface area is 101 Å². The lowest BCUT2D eigenvalue weighted by atomic mass is 9.94. The molecule has 5 nitrogen and oxygen atoms in total. The lowest BCUT2D eigenvalue weighted by Gasteiger charge is -2.21. The van der Waals surface area contributed by atoms with Crippen molar-refractivity contribution in [3.05, 3.63) is 17.5 Å². The second-order valence-electron chi connectivity index (χ2n) is 4.37. The third kappa shape index (κ3) is 2.66. The molecular formula is C12H19N3O2. The molecule has 1 aromatic heterocycles. The van der Waals surface area contributed by atoms with Crippen LogP contribution < -0.4 is 5.32 Å². The van der Waals surface area contributed by atoms with Gasteiger partial charge in [-0.25, -0.2) is 4.79 Å². The molecule has 17 heavy (non-hydrogen) atoms. The molecule has 1 atom stereocenters. The van der Waals surface area contributed by atoms with E-state index in [9.17, 15) is 4.79 Å². The highest BCUT2D eigenvalue weighted by atomic mass is 16.5. The van der Waals surface area contributed by atoms with Crippen molar-refractivity contribution in [2.45, 2.75) is 25.7 Å². The minimum atomic E-state index is -0.263. The summed E-state index contributed by atoms with van der Waals surface area (Å²) in [7, 11) is 1.84. The van der Waals surface area contributed by atoms with Gasteiger partial charge in [0.15, 0.2) is 0 Å². The van der Waals surface area contributed by atoms with Gasteiger partial charge in [-0.05, 0) is 26.3 Å². The Morgan fingerprint density at radius 2 is 2.53 bits per heavy atom. The van der Waals surface area contributed by atoms with Crippen LogP contribution in [0.3, 0.4) is 0 Å². The minimum absolute atomic E-state index is 0.263. The fourth-order valence-electron chi connectivity index (χ4n) is 2.26. The molecule has 5 heteroatoms. The number of nitrogens with zero attached hydrogens (tertiary/aromatic N) is 2. The van der Waals surface area contributed by atoms with Crippen molar-refractivity contribution >= 4 is 5.97 Å². The summed E-state index contributed by atoms with van der Waals surface area (Å²) in [5, 5.41) is 7.75. The van der Waals surface area contributed by atoms with Gasteiger partial charge in [-0.1, -0.05) is 0 Å². The van der Waals surface area contributed by atoms with Gasteiger partial charge in [0.05, 0.1) is 12.3 Å². The molecule has 2 heterocycles. The second-order valence-corrected chi connectivity index (χ2v) is 4.37. The predicted molar refractivity (Wildman–Crippen MR) is 64.0 cm³/mol. The Balaban J connectivity index is 2.22. The predicted octanol–water partition coefficient (Wildman–Crippen LogP) is 1.06. The van der Waals surface area contributed by atoms with Crippen molar-refractivity contribution in [3.63, 3.8) is 0 Å². The lowest BCUT2D eigenvalue weighted by Crippen LogP contribution is -2.29. The van der Waals surface area contributed by atoms with Crippen LogP contribution in [0.5, 0.6) is 0 Å². The summed E-state index contributed by atoms with van der Waals surface area (Å²) >= 11 is 0. The molecule has 0 aromatic carbocycles. The maximum atomic E-state index is 11.8. The van der Waals surface area contributed by atoms with Crippen molar-refractivity contribution in [1.82, 2.24) is 15.1 Å². The zero-order valence-electron chi connectivity index (χ0n) is 10.4. The first kappa shape index (κ1) is 12.1. The smallest absolute Gasteiger partial charge is 0.341 e. The third-order valence-corrected chi connectivity index (χ3v) is 3.04. The fourth-order valence-corrected chi connectivity index (χ4v) is 2.26. The zero-order valence-corrected chi connectivity index (χ0v) is 10.4. The highest BCUT2D eigenvalue weighted by Crippen LogP contribution is 2.25. The normalized spacial score (nSPS) is 20.2. The molecule has 1 fully saturated rings. The number of aromatic nitrogens is 2. The number of carbonyl (C=O) groups is 1. The van der Waals surface area contributed by atoms with Crippen molar-refractivity contribution in [2.75, 3.05) is 19.7 Å². The van der Waals surface area contributed by atoms with Gasteiger partial charge in [-0.3, -0.25) is 4.68 Å². The van der Waals surface area contributed by atoms with E-state index in [0.717, 1.165) is 31.6 Å². The van der Waals surface area contributed by atoms with Crippen LogP contribution in [-0.4, -0.2) is 35.4 Å². The maximum Gasteiger partial charge on any atom is 0.341 e. The first-order chi connectivity index (χ1) is 8.22. The second kappa shape index (κ2) is 5.31. The van der Waals surface area contributed by atoms with Crippen molar-refractivity contribution in [1.29, 1.82) is 0 Å². The Bertz CT molecular complexity index is 394. The number of hydrogen-bond acceptors (Lipinski definition) is 4. The molecule has 94 valence electrons. The molecule has 1 N–H and O–H groups in total. The molecule has 0 saturated carbocycles. The highest BCUT2D eigenvalue weighted by Gasteiger charge is 2.25. The quantitative estimate of drug-likeness (QED) is 0.799. The molecular weight excluding hydrogens is 218 g/mol. The summed E-state index contributed by atoms with van der Waals surface area (Å²) in [5.74, 6) is 0.0607. The third-order valence-electron chi connectivity index (χ3n) is 3.04.